The normalized spacial score (nSPS) is 10.8. The first-order chi connectivity index (χ1) is 8.90. The van der Waals surface area contributed by atoms with Crippen LogP contribution in [0.1, 0.15) is 11.4 Å². The van der Waals surface area contributed by atoms with Gasteiger partial charge in [-0.25, -0.2) is 8.78 Å². The second-order valence-electron chi connectivity index (χ2n) is 4.06. The molecule has 0 fully saturated rings. The molecule has 19 heavy (non-hydrogen) atoms. The molecule has 0 bridgehead atoms. The monoisotopic (exact) mass is 331 g/mol. The third-order valence-electron chi connectivity index (χ3n) is 2.68. The Kier molecular flexibility index (Phi) is 3.75. The first-order valence-corrected chi connectivity index (χ1v) is 6.24. The molecule has 102 valence electrons. The van der Waals surface area contributed by atoms with E-state index < -0.39 is 11.6 Å². The molecule has 0 aliphatic rings. The number of nitrogens with zero attached hydrogens (tertiary/aromatic N) is 2. The van der Waals surface area contributed by atoms with Gasteiger partial charge >= 0.3 is 0 Å². The van der Waals surface area contributed by atoms with Crippen LogP contribution >= 0.6 is 15.9 Å². The van der Waals surface area contributed by atoms with E-state index in [-0.39, 0.29) is 18.0 Å². The number of hydrogen-bond donors (Lipinski definition) is 1. The van der Waals surface area contributed by atoms with Crippen LogP contribution in [0.15, 0.2) is 16.6 Å². The fraction of sp³-hybridized carbons (Fsp3) is 0.250. The minimum absolute atomic E-state index is 0.0677. The minimum atomic E-state index is -0.711. The smallest absolute Gasteiger partial charge is 0.167 e. The van der Waals surface area contributed by atoms with Crippen LogP contribution in [0.5, 0.6) is 5.75 Å². The van der Waals surface area contributed by atoms with Crippen LogP contribution in [-0.2, 0) is 13.7 Å². The Hall–Kier alpha value is -1.63. The number of benzene rings is 1. The molecular weight excluding hydrogens is 320 g/mol. The second-order valence-corrected chi connectivity index (χ2v) is 4.86. The van der Waals surface area contributed by atoms with E-state index in [2.05, 4.69) is 21.0 Å². The Balaban J connectivity index is 2.21. The van der Waals surface area contributed by atoms with Crippen LogP contribution in [0.2, 0.25) is 0 Å². The highest BCUT2D eigenvalue weighted by atomic mass is 79.9. The maximum Gasteiger partial charge on any atom is 0.167 e. The molecule has 0 saturated heterocycles. The highest BCUT2D eigenvalue weighted by Gasteiger charge is 2.14. The van der Waals surface area contributed by atoms with Crippen molar-refractivity contribution in [2.24, 2.45) is 7.05 Å². The Bertz CT molecular complexity index is 628. The molecule has 2 rings (SSSR count). The third-order valence-corrected chi connectivity index (χ3v) is 3.71. The van der Waals surface area contributed by atoms with Gasteiger partial charge in [0.05, 0.1) is 21.5 Å². The Morgan fingerprint density at radius 3 is 2.63 bits per heavy atom. The van der Waals surface area contributed by atoms with E-state index in [9.17, 15) is 8.78 Å². The van der Waals surface area contributed by atoms with Crippen molar-refractivity contribution in [2.75, 3.05) is 5.73 Å². The summed E-state index contributed by atoms with van der Waals surface area (Å²) in [4.78, 5) is 0. The molecular formula is C12H12BrF2N3O. The topological polar surface area (TPSA) is 53.1 Å². The number of ether oxygens (including phenoxy) is 1. The zero-order chi connectivity index (χ0) is 14.2. The van der Waals surface area contributed by atoms with Crippen molar-refractivity contribution in [2.45, 2.75) is 13.5 Å². The van der Waals surface area contributed by atoms with E-state index in [1.165, 1.54) is 0 Å². The molecule has 0 aliphatic carbocycles. The molecule has 0 atom stereocenters. The van der Waals surface area contributed by atoms with Gasteiger partial charge in [-0.2, -0.15) is 5.10 Å². The van der Waals surface area contributed by atoms with Gasteiger partial charge in [0.2, 0.25) is 0 Å². The summed E-state index contributed by atoms with van der Waals surface area (Å²) in [5.74, 6) is -1.59. The number of rotatable bonds is 3. The molecule has 2 aromatic rings. The van der Waals surface area contributed by atoms with Crippen molar-refractivity contribution < 1.29 is 13.5 Å². The fourth-order valence-electron chi connectivity index (χ4n) is 1.64. The van der Waals surface area contributed by atoms with Gasteiger partial charge in [-0.3, -0.25) is 4.68 Å². The zero-order valence-corrected chi connectivity index (χ0v) is 12.0. The molecule has 1 heterocycles. The van der Waals surface area contributed by atoms with Crippen molar-refractivity contribution >= 4 is 21.6 Å². The fourth-order valence-corrected chi connectivity index (χ4v) is 2.09. The third kappa shape index (κ3) is 2.70. The lowest BCUT2D eigenvalue weighted by molar-refractivity contribution is 0.278. The lowest BCUT2D eigenvalue weighted by atomic mass is 10.3. The van der Waals surface area contributed by atoms with Gasteiger partial charge in [-0.05, 0) is 22.9 Å². The SMILES string of the molecule is Cc1nn(C)c(COc2cc(F)c(N)cc2F)c1Br. The lowest BCUT2D eigenvalue weighted by Gasteiger charge is -2.09. The van der Waals surface area contributed by atoms with Gasteiger partial charge in [-0.15, -0.1) is 0 Å². The van der Waals surface area contributed by atoms with Crippen molar-refractivity contribution in [3.8, 4) is 5.75 Å². The van der Waals surface area contributed by atoms with Crippen LogP contribution < -0.4 is 10.5 Å². The number of aryl methyl sites for hydroxylation is 2. The summed E-state index contributed by atoms with van der Waals surface area (Å²) in [5.41, 5.74) is 6.54. The summed E-state index contributed by atoms with van der Waals surface area (Å²) in [6.45, 7) is 1.90. The van der Waals surface area contributed by atoms with Crippen LogP contribution in [-0.4, -0.2) is 9.78 Å². The van der Waals surface area contributed by atoms with Crippen molar-refractivity contribution in [1.29, 1.82) is 0 Å². The Labute approximate surface area is 117 Å². The Morgan fingerprint density at radius 1 is 1.37 bits per heavy atom. The maximum absolute atomic E-state index is 13.5. The van der Waals surface area contributed by atoms with E-state index in [0.29, 0.717) is 0 Å². The summed E-state index contributed by atoms with van der Waals surface area (Å²) in [7, 11) is 1.75. The van der Waals surface area contributed by atoms with Crippen LogP contribution in [0.4, 0.5) is 14.5 Å². The van der Waals surface area contributed by atoms with E-state index in [0.717, 1.165) is 28.0 Å². The van der Waals surface area contributed by atoms with Crippen molar-refractivity contribution in [3.05, 3.63) is 39.6 Å². The van der Waals surface area contributed by atoms with Gasteiger partial charge < -0.3 is 10.5 Å². The number of nitrogens with two attached hydrogens (primary N) is 1. The van der Waals surface area contributed by atoms with Crippen LogP contribution in [0, 0.1) is 18.6 Å². The molecule has 0 radical (unpaired) electrons. The van der Waals surface area contributed by atoms with E-state index >= 15 is 0 Å². The number of nitrogen functional groups attached to an aromatic ring is 1. The quantitative estimate of drug-likeness (QED) is 0.880. The van der Waals surface area contributed by atoms with Gasteiger partial charge in [0.25, 0.3) is 0 Å². The average molecular weight is 332 g/mol. The highest BCUT2D eigenvalue weighted by molar-refractivity contribution is 9.10. The van der Waals surface area contributed by atoms with E-state index in [1.54, 1.807) is 11.7 Å². The highest BCUT2D eigenvalue weighted by Crippen LogP contribution is 2.26. The maximum atomic E-state index is 13.5. The first-order valence-electron chi connectivity index (χ1n) is 5.45. The summed E-state index contributed by atoms with van der Waals surface area (Å²) in [6.07, 6.45) is 0. The average Bonchev–Trinajstić information content (AvgIpc) is 2.57. The van der Waals surface area contributed by atoms with Gasteiger partial charge in [0.15, 0.2) is 11.6 Å². The number of halogens is 3. The number of anilines is 1. The van der Waals surface area contributed by atoms with Crippen LogP contribution in [0.3, 0.4) is 0 Å². The number of hydrogen-bond acceptors (Lipinski definition) is 3. The summed E-state index contributed by atoms with van der Waals surface area (Å²) < 4.78 is 34.5. The summed E-state index contributed by atoms with van der Waals surface area (Å²) in [6, 6.07) is 1.83. The molecule has 4 nitrogen and oxygen atoms in total. The van der Waals surface area contributed by atoms with Gasteiger partial charge in [-0.1, -0.05) is 0 Å². The molecule has 7 heteroatoms. The molecule has 0 amide bonds. The Morgan fingerprint density at radius 2 is 2.05 bits per heavy atom. The number of aromatic nitrogens is 2. The lowest BCUT2D eigenvalue weighted by Crippen LogP contribution is -2.05. The van der Waals surface area contributed by atoms with Gasteiger partial charge in [0, 0.05) is 19.2 Å². The predicted octanol–water partition coefficient (Wildman–Crippen LogP) is 2.93. The molecule has 1 aromatic carbocycles. The largest absolute Gasteiger partial charge is 0.484 e. The molecule has 2 N–H and O–H groups in total. The summed E-state index contributed by atoms with van der Waals surface area (Å²) in [5, 5.41) is 4.18. The van der Waals surface area contributed by atoms with Crippen LogP contribution in [0.25, 0.3) is 0 Å². The molecule has 1 aromatic heterocycles. The molecule has 0 saturated carbocycles. The standard InChI is InChI=1S/C12H12BrF2N3O/c1-6-12(13)10(18(2)17-6)5-19-11-4-7(14)9(16)3-8(11)15/h3-4H,5,16H2,1-2H3. The van der Waals surface area contributed by atoms with E-state index in [1.807, 2.05) is 6.92 Å². The second kappa shape index (κ2) is 5.16. The van der Waals surface area contributed by atoms with E-state index in [4.69, 9.17) is 10.5 Å². The summed E-state index contributed by atoms with van der Waals surface area (Å²) >= 11 is 3.37. The predicted molar refractivity (Wildman–Crippen MR) is 70.7 cm³/mol. The van der Waals surface area contributed by atoms with Crippen molar-refractivity contribution in [1.82, 2.24) is 9.78 Å². The zero-order valence-electron chi connectivity index (χ0n) is 10.4. The van der Waals surface area contributed by atoms with Crippen molar-refractivity contribution in [3.63, 3.8) is 0 Å². The molecule has 0 spiro atoms. The van der Waals surface area contributed by atoms with Gasteiger partial charge in [0.1, 0.15) is 12.4 Å². The first kappa shape index (κ1) is 13.8. The molecule has 0 aliphatic heterocycles. The minimum Gasteiger partial charge on any atom is -0.484 e. The molecule has 0 unspecified atom stereocenters.